The minimum atomic E-state index is -3.70. The number of nitro benzene ring substituents is 1. The van der Waals surface area contributed by atoms with Gasteiger partial charge in [0.15, 0.2) is 5.75 Å². The third-order valence-electron chi connectivity index (χ3n) is 1.74. The Morgan fingerprint density at radius 2 is 2.12 bits per heavy atom. The first kappa shape index (κ1) is 13.3. The van der Waals surface area contributed by atoms with Crippen LogP contribution >= 0.6 is 0 Å². The number of nitrogens with zero attached hydrogens (tertiary/aromatic N) is 1. The summed E-state index contributed by atoms with van der Waals surface area (Å²) in [6.45, 7) is -0.342. The number of nitrogens with two attached hydrogens (primary N) is 1. The molecule has 7 nitrogen and oxygen atoms in total. The maximum Gasteiger partial charge on any atom is 0.313 e. The van der Waals surface area contributed by atoms with E-state index in [9.17, 15) is 22.9 Å². The molecule has 0 aliphatic rings. The third-order valence-corrected chi connectivity index (χ3v) is 2.48. The van der Waals surface area contributed by atoms with Gasteiger partial charge in [-0.2, -0.15) is 0 Å². The zero-order valence-corrected chi connectivity index (χ0v) is 9.31. The Balaban J connectivity index is 2.81. The molecular weight excluding hydrogens is 255 g/mol. The Labute approximate surface area is 96.2 Å². The quantitative estimate of drug-likeness (QED) is 0.611. The molecular formula is C8H9FN2O5S. The number of ether oxygens (including phenoxy) is 1. The van der Waals surface area contributed by atoms with E-state index >= 15 is 0 Å². The number of rotatable bonds is 5. The average Bonchev–Trinajstić information content (AvgIpc) is 2.18. The highest BCUT2D eigenvalue weighted by atomic mass is 32.2. The van der Waals surface area contributed by atoms with Gasteiger partial charge in [0.05, 0.1) is 16.7 Å². The van der Waals surface area contributed by atoms with Crippen LogP contribution in [-0.2, 0) is 10.0 Å². The van der Waals surface area contributed by atoms with Crippen LogP contribution in [0, 0.1) is 15.9 Å². The molecule has 0 saturated heterocycles. The zero-order chi connectivity index (χ0) is 13.1. The van der Waals surface area contributed by atoms with Gasteiger partial charge in [0, 0.05) is 0 Å². The molecule has 2 N–H and O–H groups in total. The van der Waals surface area contributed by atoms with Crippen LogP contribution in [0.5, 0.6) is 5.75 Å². The zero-order valence-electron chi connectivity index (χ0n) is 8.50. The van der Waals surface area contributed by atoms with Gasteiger partial charge in [0.2, 0.25) is 10.0 Å². The molecule has 1 aromatic carbocycles. The molecule has 94 valence electrons. The summed E-state index contributed by atoms with van der Waals surface area (Å²) in [7, 11) is -3.70. The fourth-order valence-corrected chi connectivity index (χ4v) is 1.34. The first-order valence-electron chi connectivity index (χ1n) is 4.37. The van der Waals surface area contributed by atoms with Gasteiger partial charge in [-0.05, 0) is 12.1 Å². The molecule has 0 aliphatic carbocycles. The van der Waals surface area contributed by atoms with Gasteiger partial charge in [0.1, 0.15) is 12.4 Å². The SMILES string of the molecule is NS(=O)(=O)CCOc1ccc(F)cc1[N+](=O)[O-]. The van der Waals surface area contributed by atoms with Crippen LogP contribution in [0.3, 0.4) is 0 Å². The van der Waals surface area contributed by atoms with E-state index in [2.05, 4.69) is 0 Å². The van der Waals surface area contributed by atoms with E-state index in [1.165, 1.54) is 0 Å². The Morgan fingerprint density at radius 3 is 2.65 bits per heavy atom. The van der Waals surface area contributed by atoms with Crippen LogP contribution in [0.25, 0.3) is 0 Å². The van der Waals surface area contributed by atoms with Crippen molar-refractivity contribution in [2.45, 2.75) is 0 Å². The van der Waals surface area contributed by atoms with E-state index in [1.807, 2.05) is 0 Å². The molecule has 0 spiro atoms. The van der Waals surface area contributed by atoms with Gasteiger partial charge < -0.3 is 4.74 Å². The van der Waals surface area contributed by atoms with Crippen molar-refractivity contribution in [3.63, 3.8) is 0 Å². The molecule has 0 bridgehead atoms. The van der Waals surface area contributed by atoms with Crippen LogP contribution in [-0.4, -0.2) is 25.7 Å². The second kappa shape index (κ2) is 5.06. The number of halogens is 1. The molecule has 0 atom stereocenters. The topological polar surface area (TPSA) is 113 Å². The molecule has 0 fully saturated rings. The molecule has 0 heterocycles. The summed E-state index contributed by atoms with van der Waals surface area (Å²) in [5.41, 5.74) is -0.570. The molecule has 9 heteroatoms. The van der Waals surface area contributed by atoms with Crippen LogP contribution in [0.2, 0.25) is 0 Å². The summed E-state index contributed by atoms with van der Waals surface area (Å²) >= 11 is 0. The van der Waals surface area contributed by atoms with Gasteiger partial charge in [-0.1, -0.05) is 0 Å². The van der Waals surface area contributed by atoms with Crippen molar-refractivity contribution in [2.75, 3.05) is 12.4 Å². The Bertz CT molecular complexity index is 531. The lowest BCUT2D eigenvalue weighted by molar-refractivity contribution is -0.386. The van der Waals surface area contributed by atoms with Gasteiger partial charge >= 0.3 is 5.69 Å². The lowest BCUT2D eigenvalue weighted by atomic mass is 10.3. The molecule has 1 aromatic rings. The van der Waals surface area contributed by atoms with Crippen molar-refractivity contribution >= 4 is 15.7 Å². The van der Waals surface area contributed by atoms with E-state index in [0.29, 0.717) is 6.07 Å². The lowest BCUT2D eigenvalue weighted by Gasteiger charge is -2.05. The van der Waals surface area contributed by atoms with Crippen LogP contribution < -0.4 is 9.88 Å². The average molecular weight is 264 g/mol. The van der Waals surface area contributed by atoms with Crippen molar-refractivity contribution in [1.29, 1.82) is 0 Å². The number of benzene rings is 1. The predicted octanol–water partition coefficient (Wildman–Crippen LogP) is 0.401. The molecule has 0 unspecified atom stereocenters. The summed E-state index contributed by atoms with van der Waals surface area (Å²) in [4.78, 5) is 9.73. The number of sulfonamides is 1. The highest BCUT2D eigenvalue weighted by molar-refractivity contribution is 7.89. The number of hydrogen-bond donors (Lipinski definition) is 1. The van der Waals surface area contributed by atoms with Crippen molar-refractivity contribution in [3.05, 3.63) is 34.1 Å². The maximum absolute atomic E-state index is 12.7. The normalized spacial score (nSPS) is 11.2. The smallest absolute Gasteiger partial charge is 0.313 e. The monoisotopic (exact) mass is 264 g/mol. The summed E-state index contributed by atoms with van der Waals surface area (Å²) in [6.07, 6.45) is 0. The van der Waals surface area contributed by atoms with Crippen molar-refractivity contribution in [3.8, 4) is 5.75 Å². The Hall–Kier alpha value is -1.74. The second-order valence-corrected chi connectivity index (χ2v) is 4.82. The van der Waals surface area contributed by atoms with Gasteiger partial charge in [0.25, 0.3) is 0 Å². The highest BCUT2D eigenvalue weighted by Gasteiger charge is 2.16. The molecule has 0 aliphatic heterocycles. The molecule has 1 rings (SSSR count). The van der Waals surface area contributed by atoms with Crippen molar-refractivity contribution in [2.24, 2.45) is 5.14 Å². The molecule has 0 radical (unpaired) electrons. The first-order chi connectivity index (χ1) is 7.79. The fourth-order valence-electron chi connectivity index (χ4n) is 1.02. The molecule has 0 aromatic heterocycles. The minimum absolute atomic E-state index is 0.208. The van der Waals surface area contributed by atoms with Crippen molar-refractivity contribution < 1.29 is 22.5 Å². The van der Waals surface area contributed by atoms with Crippen LogP contribution in [0.1, 0.15) is 0 Å². The first-order valence-corrected chi connectivity index (χ1v) is 6.08. The lowest BCUT2D eigenvalue weighted by Crippen LogP contribution is -2.21. The van der Waals surface area contributed by atoms with Gasteiger partial charge in [-0.25, -0.2) is 17.9 Å². The summed E-state index contributed by atoms with van der Waals surface area (Å²) in [5.74, 6) is -1.47. The van der Waals surface area contributed by atoms with Crippen molar-refractivity contribution in [1.82, 2.24) is 0 Å². The Morgan fingerprint density at radius 1 is 1.47 bits per heavy atom. The van der Waals surface area contributed by atoms with Crippen LogP contribution in [0.4, 0.5) is 10.1 Å². The fraction of sp³-hybridized carbons (Fsp3) is 0.250. The number of primary sulfonamides is 1. The maximum atomic E-state index is 12.7. The van der Waals surface area contributed by atoms with Crippen LogP contribution in [0.15, 0.2) is 18.2 Å². The summed E-state index contributed by atoms with van der Waals surface area (Å²) in [6, 6.07) is 2.71. The minimum Gasteiger partial charge on any atom is -0.486 e. The number of hydrogen-bond acceptors (Lipinski definition) is 5. The van der Waals surface area contributed by atoms with E-state index < -0.39 is 32.2 Å². The van der Waals surface area contributed by atoms with E-state index in [-0.39, 0.29) is 12.4 Å². The van der Waals surface area contributed by atoms with E-state index in [0.717, 1.165) is 12.1 Å². The standard InChI is InChI=1S/C8H9FN2O5S/c9-6-1-2-8(7(5-6)11(12)13)16-3-4-17(10,14)15/h1-2,5H,3-4H2,(H2,10,14,15). The second-order valence-electron chi connectivity index (χ2n) is 3.08. The molecule has 0 amide bonds. The van der Waals surface area contributed by atoms with Gasteiger partial charge in [-0.3, -0.25) is 10.1 Å². The van der Waals surface area contributed by atoms with E-state index in [1.54, 1.807) is 0 Å². The van der Waals surface area contributed by atoms with Gasteiger partial charge in [-0.15, -0.1) is 0 Å². The molecule has 0 saturated carbocycles. The predicted molar refractivity (Wildman–Crippen MR) is 56.5 cm³/mol. The van der Waals surface area contributed by atoms with E-state index in [4.69, 9.17) is 9.88 Å². The summed E-state index contributed by atoms with van der Waals surface area (Å²) in [5, 5.41) is 15.3. The summed E-state index contributed by atoms with van der Waals surface area (Å²) < 4.78 is 38.8. The highest BCUT2D eigenvalue weighted by Crippen LogP contribution is 2.27. The molecule has 17 heavy (non-hydrogen) atoms. The number of nitro groups is 1. The third kappa shape index (κ3) is 4.33. The largest absolute Gasteiger partial charge is 0.486 e. The Kier molecular flexibility index (Phi) is 3.97.